The minimum Gasteiger partial charge on any atom is -0.493 e. The lowest BCUT2D eigenvalue weighted by molar-refractivity contribution is 0.168. The molecule has 1 heterocycles. The second-order valence-electron chi connectivity index (χ2n) is 5.26. The van der Waals surface area contributed by atoms with Gasteiger partial charge in [-0.15, -0.1) is 0 Å². The van der Waals surface area contributed by atoms with Gasteiger partial charge in [0.05, 0.1) is 12.7 Å². The van der Waals surface area contributed by atoms with Crippen LogP contribution in [0.4, 0.5) is 0 Å². The van der Waals surface area contributed by atoms with E-state index in [1.807, 2.05) is 18.2 Å². The van der Waals surface area contributed by atoms with Crippen LogP contribution in [0.25, 0.3) is 0 Å². The smallest absolute Gasteiger partial charge is 0.122 e. The van der Waals surface area contributed by atoms with Crippen molar-refractivity contribution in [2.75, 3.05) is 6.61 Å². The average Bonchev–Trinajstić information content (AvgIpc) is 2.94. The SMILES string of the molecule is OC(CCc1ccc2c(c1)CCO2)c1cc(Br)ccc1Cl. The summed E-state index contributed by atoms with van der Waals surface area (Å²) in [5.74, 6) is 0.995. The fraction of sp³-hybridized carbons (Fsp3) is 0.294. The predicted molar refractivity (Wildman–Crippen MR) is 88.1 cm³/mol. The van der Waals surface area contributed by atoms with Gasteiger partial charge in [0, 0.05) is 21.5 Å². The minimum atomic E-state index is -0.556. The van der Waals surface area contributed by atoms with Crippen LogP contribution < -0.4 is 4.74 Å². The number of aliphatic hydroxyl groups excluding tert-OH is 1. The quantitative estimate of drug-likeness (QED) is 0.848. The van der Waals surface area contributed by atoms with Gasteiger partial charge in [-0.1, -0.05) is 39.7 Å². The first-order chi connectivity index (χ1) is 10.1. The van der Waals surface area contributed by atoms with Crippen LogP contribution in [0.1, 0.15) is 29.2 Å². The van der Waals surface area contributed by atoms with Crippen molar-refractivity contribution in [3.63, 3.8) is 0 Å². The number of halogens is 2. The molecule has 0 aliphatic carbocycles. The van der Waals surface area contributed by atoms with Crippen LogP contribution in [-0.2, 0) is 12.8 Å². The highest BCUT2D eigenvalue weighted by Crippen LogP contribution is 2.30. The fourth-order valence-corrected chi connectivity index (χ4v) is 3.25. The Labute approximate surface area is 137 Å². The molecule has 0 radical (unpaired) electrons. The Morgan fingerprint density at radius 3 is 2.95 bits per heavy atom. The van der Waals surface area contributed by atoms with E-state index < -0.39 is 6.10 Å². The molecule has 0 aromatic heterocycles. The highest BCUT2D eigenvalue weighted by Gasteiger charge is 2.15. The number of ether oxygens (including phenoxy) is 1. The second-order valence-corrected chi connectivity index (χ2v) is 6.58. The van der Waals surface area contributed by atoms with Gasteiger partial charge in [-0.3, -0.25) is 0 Å². The Balaban J connectivity index is 1.68. The summed E-state index contributed by atoms with van der Waals surface area (Å²) in [6.07, 6.45) is 1.88. The first kappa shape index (κ1) is 14.9. The van der Waals surface area contributed by atoms with Crippen LogP contribution in [0, 0.1) is 0 Å². The summed E-state index contributed by atoms with van der Waals surface area (Å²) in [4.78, 5) is 0. The van der Waals surface area contributed by atoms with Gasteiger partial charge in [0.15, 0.2) is 0 Å². The number of benzene rings is 2. The molecule has 2 aromatic rings. The van der Waals surface area contributed by atoms with E-state index in [-0.39, 0.29) is 0 Å². The molecule has 0 saturated carbocycles. The Morgan fingerprint density at radius 1 is 1.24 bits per heavy atom. The van der Waals surface area contributed by atoms with Crippen molar-refractivity contribution in [2.24, 2.45) is 0 Å². The summed E-state index contributed by atoms with van der Waals surface area (Å²) >= 11 is 9.56. The van der Waals surface area contributed by atoms with Gasteiger partial charge >= 0.3 is 0 Å². The van der Waals surface area contributed by atoms with E-state index in [1.165, 1.54) is 11.1 Å². The van der Waals surface area contributed by atoms with Gasteiger partial charge in [0.1, 0.15) is 5.75 Å². The molecule has 4 heteroatoms. The molecule has 3 rings (SSSR count). The standard InChI is InChI=1S/C17H16BrClO2/c18-13-3-4-15(19)14(10-13)16(20)5-1-11-2-6-17-12(9-11)7-8-21-17/h2-4,6,9-10,16,20H,1,5,7-8H2. The lowest BCUT2D eigenvalue weighted by Crippen LogP contribution is -2.01. The normalized spacial score (nSPS) is 14.6. The van der Waals surface area contributed by atoms with Crippen LogP contribution in [0.15, 0.2) is 40.9 Å². The maximum atomic E-state index is 10.4. The molecule has 1 aliphatic heterocycles. The molecule has 0 fully saturated rings. The first-order valence-electron chi connectivity index (χ1n) is 7.01. The molecule has 0 saturated heterocycles. The third-order valence-corrected chi connectivity index (χ3v) is 4.61. The molecule has 2 nitrogen and oxygen atoms in total. The zero-order chi connectivity index (χ0) is 14.8. The Bertz CT molecular complexity index is 657. The summed E-state index contributed by atoms with van der Waals surface area (Å²) in [6, 6.07) is 11.8. The Hall–Kier alpha value is -1.03. The molecule has 1 unspecified atom stereocenters. The molecule has 0 amide bonds. The fourth-order valence-electron chi connectivity index (χ4n) is 2.62. The lowest BCUT2D eigenvalue weighted by atomic mass is 9.99. The molecule has 1 aliphatic rings. The van der Waals surface area contributed by atoms with Crippen molar-refractivity contribution in [2.45, 2.75) is 25.4 Å². The van der Waals surface area contributed by atoms with Gasteiger partial charge in [-0.05, 0) is 48.2 Å². The summed E-state index contributed by atoms with van der Waals surface area (Å²) in [5.41, 5.74) is 3.27. The highest BCUT2D eigenvalue weighted by atomic mass is 79.9. The zero-order valence-electron chi connectivity index (χ0n) is 11.5. The van der Waals surface area contributed by atoms with Gasteiger partial charge < -0.3 is 9.84 Å². The largest absolute Gasteiger partial charge is 0.493 e. The molecule has 0 bridgehead atoms. The van der Waals surface area contributed by atoms with Gasteiger partial charge in [0.25, 0.3) is 0 Å². The van der Waals surface area contributed by atoms with E-state index in [0.29, 0.717) is 11.4 Å². The number of rotatable bonds is 4. The highest BCUT2D eigenvalue weighted by molar-refractivity contribution is 9.10. The molecule has 21 heavy (non-hydrogen) atoms. The Morgan fingerprint density at radius 2 is 2.10 bits per heavy atom. The van der Waals surface area contributed by atoms with Crippen molar-refractivity contribution in [1.82, 2.24) is 0 Å². The third-order valence-electron chi connectivity index (χ3n) is 3.78. The molecule has 110 valence electrons. The van der Waals surface area contributed by atoms with Crippen LogP contribution in [0.2, 0.25) is 5.02 Å². The molecule has 2 aromatic carbocycles. The third kappa shape index (κ3) is 3.42. The van der Waals surface area contributed by atoms with Crippen LogP contribution in [0.5, 0.6) is 5.75 Å². The maximum absolute atomic E-state index is 10.4. The summed E-state index contributed by atoms with van der Waals surface area (Å²) in [7, 11) is 0. The number of hydrogen-bond acceptors (Lipinski definition) is 2. The van der Waals surface area contributed by atoms with Gasteiger partial charge in [-0.2, -0.15) is 0 Å². The number of hydrogen-bond donors (Lipinski definition) is 1. The van der Waals surface area contributed by atoms with Crippen molar-refractivity contribution >= 4 is 27.5 Å². The van der Waals surface area contributed by atoms with Gasteiger partial charge in [-0.25, -0.2) is 0 Å². The first-order valence-corrected chi connectivity index (χ1v) is 8.18. The summed E-state index contributed by atoms with van der Waals surface area (Å²) in [5, 5.41) is 11.0. The van der Waals surface area contributed by atoms with E-state index in [4.69, 9.17) is 16.3 Å². The zero-order valence-corrected chi connectivity index (χ0v) is 13.8. The van der Waals surface area contributed by atoms with Gasteiger partial charge in [0.2, 0.25) is 0 Å². The van der Waals surface area contributed by atoms with E-state index in [1.54, 1.807) is 6.07 Å². The predicted octanol–water partition coefficient (Wildman–Crippen LogP) is 4.70. The van der Waals surface area contributed by atoms with Crippen molar-refractivity contribution in [1.29, 1.82) is 0 Å². The lowest BCUT2D eigenvalue weighted by Gasteiger charge is -2.13. The van der Waals surface area contributed by atoms with Crippen LogP contribution in [0.3, 0.4) is 0 Å². The molecule has 1 N–H and O–H groups in total. The second kappa shape index (κ2) is 6.39. The van der Waals surface area contributed by atoms with Crippen LogP contribution in [-0.4, -0.2) is 11.7 Å². The maximum Gasteiger partial charge on any atom is 0.122 e. The molecular weight excluding hydrogens is 352 g/mol. The Kier molecular flexibility index (Phi) is 4.53. The molecule has 1 atom stereocenters. The van der Waals surface area contributed by atoms with Crippen LogP contribution >= 0.6 is 27.5 Å². The van der Waals surface area contributed by atoms with E-state index in [2.05, 4.69) is 28.1 Å². The molecule has 0 spiro atoms. The number of aliphatic hydroxyl groups is 1. The van der Waals surface area contributed by atoms with Crippen molar-refractivity contribution < 1.29 is 9.84 Å². The summed E-state index contributed by atoms with van der Waals surface area (Å²) < 4.78 is 6.43. The number of fused-ring (bicyclic) bond motifs is 1. The number of aryl methyl sites for hydroxylation is 1. The minimum absolute atomic E-state index is 0.556. The molecular formula is C17H16BrClO2. The average molecular weight is 368 g/mol. The van der Waals surface area contributed by atoms with E-state index in [9.17, 15) is 5.11 Å². The van der Waals surface area contributed by atoms with Crippen molar-refractivity contribution in [3.05, 3.63) is 62.6 Å². The van der Waals surface area contributed by atoms with Crippen molar-refractivity contribution in [3.8, 4) is 5.75 Å². The summed E-state index contributed by atoms with van der Waals surface area (Å²) in [6.45, 7) is 0.773. The van der Waals surface area contributed by atoms with E-state index >= 15 is 0 Å². The monoisotopic (exact) mass is 366 g/mol. The van der Waals surface area contributed by atoms with E-state index in [0.717, 1.165) is 35.2 Å². The topological polar surface area (TPSA) is 29.5 Å².